The molecule has 1 aromatic heterocycles. The van der Waals surface area contributed by atoms with Gasteiger partial charge in [0.15, 0.2) is 0 Å². The van der Waals surface area contributed by atoms with Gasteiger partial charge in [-0.25, -0.2) is 13.4 Å². The maximum atomic E-state index is 12.9. The number of benzene rings is 2. The molecule has 1 atom stereocenters. The molecule has 152 valence electrons. The highest BCUT2D eigenvalue weighted by Crippen LogP contribution is 2.27. The van der Waals surface area contributed by atoms with E-state index in [9.17, 15) is 13.2 Å². The van der Waals surface area contributed by atoms with Crippen molar-refractivity contribution in [2.24, 2.45) is 0 Å². The predicted octanol–water partition coefficient (Wildman–Crippen LogP) is 4.42. The number of hydrogen-bond acceptors (Lipinski definition) is 5. The molecule has 3 aromatic rings. The number of amides is 1. The number of nitrogens with one attached hydrogen (secondary N) is 1. The van der Waals surface area contributed by atoms with Gasteiger partial charge in [0, 0.05) is 23.8 Å². The number of nitrogens with zero attached hydrogens (tertiary/aromatic N) is 2. The molecule has 0 saturated carbocycles. The Morgan fingerprint density at radius 3 is 2.66 bits per heavy atom. The summed E-state index contributed by atoms with van der Waals surface area (Å²) in [6.07, 6.45) is 2.82. The number of carbonyl (C=O) groups excluding carboxylic acids is 1. The minimum Gasteiger partial charge on any atom is -0.322 e. The lowest BCUT2D eigenvalue weighted by Crippen LogP contribution is -2.41. The van der Waals surface area contributed by atoms with E-state index in [1.807, 2.05) is 32.0 Å². The van der Waals surface area contributed by atoms with Crippen LogP contribution in [0.5, 0.6) is 0 Å². The minimum atomic E-state index is -3.54. The average Bonchev–Trinajstić information content (AvgIpc) is 3.07. The van der Waals surface area contributed by atoms with Gasteiger partial charge in [-0.1, -0.05) is 6.42 Å². The second-order valence-corrected chi connectivity index (χ2v) is 10.5. The minimum absolute atomic E-state index is 0.00187. The van der Waals surface area contributed by atoms with Crippen LogP contribution in [0.1, 0.15) is 41.6 Å². The average molecular weight is 430 g/mol. The number of anilines is 1. The molecule has 2 aromatic carbocycles. The number of sulfonamides is 1. The number of carbonyl (C=O) groups is 1. The van der Waals surface area contributed by atoms with E-state index in [0.717, 1.165) is 34.5 Å². The number of piperidine rings is 1. The van der Waals surface area contributed by atoms with Crippen LogP contribution < -0.4 is 5.32 Å². The van der Waals surface area contributed by atoms with Crippen molar-refractivity contribution in [1.82, 2.24) is 9.29 Å². The molecule has 1 N–H and O–H groups in total. The van der Waals surface area contributed by atoms with Crippen LogP contribution >= 0.6 is 11.3 Å². The molecule has 0 bridgehead atoms. The van der Waals surface area contributed by atoms with Gasteiger partial charge in [-0.2, -0.15) is 4.31 Å². The van der Waals surface area contributed by atoms with Crippen LogP contribution in [-0.4, -0.2) is 36.2 Å². The van der Waals surface area contributed by atoms with Crippen LogP contribution in [0.25, 0.3) is 10.2 Å². The molecule has 1 fully saturated rings. The van der Waals surface area contributed by atoms with Gasteiger partial charge >= 0.3 is 0 Å². The summed E-state index contributed by atoms with van der Waals surface area (Å²) in [5.41, 5.74) is 2.01. The first-order chi connectivity index (χ1) is 13.8. The number of rotatable bonds is 4. The largest absolute Gasteiger partial charge is 0.322 e. The van der Waals surface area contributed by atoms with Crippen molar-refractivity contribution in [3.63, 3.8) is 0 Å². The molecule has 0 spiro atoms. The molecule has 1 amide bonds. The lowest BCUT2D eigenvalue weighted by Gasteiger charge is -2.32. The highest BCUT2D eigenvalue weighted by Gasteiger charge is 2.30. The van der Waals surface area contributed by atoms with Crippen molar-refractivity contribution in [3.8, 4) is 0 Å². The molecule has 0 aliphatic carbocycles. The number of thiazole rings is 1. The first-order valence-corrected chi connectivity index (χ1v) is 11.9. The molecule has 1 aliphatic heterocycles. The number of fused-ring (bicyclic) bond motifs is 1. The molecule has 29 heavy (non-hydrogen) atoms. The van der Waals surface area contributed by atoms with E-state index in [2.05, 4.69) is 10.3 Å². The molecule has 8 heteroatoms. The highest BCUT2D eigenvalue weighted by molar-refractivity contribution is 7.89. The number of aryl methyl sites for hydroxylation is 1. The normalized spacial score (nSPS) is 18.1. The van der Waals surface area contributed by atoms with E-state index in [4.69, 9.17) is 0 Å². The van der Waals surface area contributed by atoms with Crippen molar-refractivity contribution in [2.45, 2.75) is 44.0 Å². The summed E-state index contributed by atoms with van der Waals surface area (Å²) < 4.78 is 28.4. The predicted molar refractivity (Wildman–Crippen MR) is 116 cm³/mol. The first kappa shape index (κ1) is 20.0. The molecule has 1 aliphatic rings. The SMILES string of the molecule is Cc1nc2ccc(NC(=O)c3ccc(S(=O)(=O)N4CCCCC4C)cc3)cc2s1. The number of aromatic nitrogens is 1. The van der Waals surface area contributed by atoms with Crippen molar-refractivity contribution in [2.75, 3.05) is 11.9 Å². The zero-order valence-electron chi connectivity index (χ0n) is 16.4. The van der Waals surface area contributed by atoms with Crippen molar-refractivity contribution < 1.29 is 13.2 Å². The van der Waals surface area contributed by atoms with E-state index in [0.29, 0.717) is 17.8 Å². The molecule has 2 heterocycles. The van der Waals surface area contributed by atoms with E-state index in [1.165, 1.54) is 12.1 Å². The van der Waals surface area contributed by atoms with E-state index >= 15 is 0 Å². The summed E-state index contributed by atoms with van der Waals surface area (Å²) in [6.45, 7) is 4.44. The Morgan fingerprint density at radius 2 is 1.93 bits per heavy atom. The fourth-order valence-electron chi connectivity index (χ4n) is 3.66. The molecule has 6 nitrogen and oxygen atoms in total. The quantitative estimate of drug-likeness (QED) is 0.666. The van der Waals surface area contributed by atoms with Crippen LogP contribution in [0.15, 0.2) is 47.4 Å². The smallest absolute Gasteiger partial charge is 0.255 e. The Kier molecular flexibility index (Phi) is 5.42. The van der Waals surface area contributed by atoms with Crippen molar-refractivity contribution in [3.05, 3.63) is 53.0 Å². The van der Waals surface area contributed by atoms with Gasteiger partial charge in [0.2, 0.25) is 10.0 Å². The standard InChI is InChI=1S/C21H23N3O3S2/c1-14-5-3-4-12-24(14)29(26,27)18-9-6-16(7-10-18)21(25)23-17-8-11-19-20(13-17)28-15(2)22-19/h6-11,13-14H,3-5,12H2,1-2H3,(H,23,25). The summed E-state index contributed by atoms with van der Waals surface area (Å²) in [5.74, 6) is -0.277. The van der Waals surface area contributed by atoms with Crippen LogP contribution in [-0.2, 0) is 10.0 Å². The summed E-state index contributed by atoms with van der Waals surface area (Å²) in [4.78, 5) is 17.2. The molecular weight excluding hydrogens is 406 g/mol. The third-order valence-corrected chi connectivity index (χ3v) is 8.18. The van der Waals surface area contributed by atoms with Gasteiger partial charge in [-0.3, -0.25) is 4.79 Å². The highest BCUT2D eigenvalue weighted by atomic mass is 32.2. The fourth-order valence-corrected chi connectivity index (χ4v) is 6.23. The van der Waals surface area contributed by atoms with Gasteiger partial charge in [0.1, 0.15) is 0 Å². The van der Waals surface area contributed by atoms with Crippen molar-refractivity contribution in [1.29, 1.82) is 0 Å². The topological polar surface area (TPSA) is 79.4 Å². The molecular formula is C21H23N3O3S2. The van der Waals surface area contributed by atoms with Gasteiger partial charge in [0.05, 0.1) is 20.1 Å². The Morgan fingerprint density at radius 1 is 1.17 bits per heavy atom. The summed E-state index contributed by atoms with van der Waals surface area (Å²) in [6, 6.07) is 11.7. The molecule has 1 saturated heterocycles. The van der Waals surface area contributed by atoms with Crippen LogP contribution in [0, 0.1) is 6.92 Å². The molecule has 4 rings (SSSR count). The summed E-state index contributed by atoms with van der Waals surface area (Å²) >= 11 is 1.57. The maximum Gasteiger partial charge on any atom is 0.255 e. The zero-order chi connectivity index (χ0) is 20.6. The van der Waals surface area contributed by atoms with Crippen LogP contribution in [0.2, 0.25) is 0 Å². The molecule has 1 unspecified atom stereocenters. The Hall–Kier alpha value is -2.29. The monoisotopic (exact) mass is 429 g/mol. The summed E-state index contributed by atoms with van der Waals surface area (Å²) in [5, 5.41) is 3.84. The van der Waals surface area contributed by atoms with Gasteiger partial charge in [-0.15, -0.1) is 11.3 Å². The fraction of sp³-hybridized carbons (Fsp3) is 0.333. The Bertz CT molecular complexity index is 1150. The van der Waals surface area contributed by atoms with E-state index in [1.54, 1.807) is 27.8 Å². The second kappa shape index (κ2) is 7.85. The van der Waals surface area contributed by atoms with Gasteiger partial charge < -0.3 is 5.32 Å². The van der Waals surface area contributed by atoms with Crippen LogP contribution in [0.4, 0.5) is 5.69 Å². The maximum absolute atomic E-state index is 12.9. The van der Waals surface area contributed by atoms with Crippen LogP contribution in [0.3, 0.4) is 0 Å². The van der Waals surface area contributed by atoms with E-state index in [-0.39, 0.29) is 16.8 Å². The second-order valence-electron chi connectivity index (χ2n) is 7.35. The van der Waals surface area contributed by atoms with E-state index < -0.39 is 10.0 Å². The lowest BCUT2D eigenvalue weighted by molar-refractivity contribution is 0.102. The van der Waals surface area contributed by atoms with Gasteiger partial charge in [-0.05, 0) is 69.2 Å². The number of hydrogen-bond donors (Lipinski definition) is 1. The molecule has 0 radical (unpaired) electrons. The first-order valence-electron chi connectivity index (χ1n) is 9.65. The Balaban J connectivity index is 1.51. The third-order valence-electron chi connectivity index (χ3n) is 5.22. The van der Waals surface area contributed by atoms with Gasteiger partial charge in [0.25, 0.3) is 5.91 Å². The van der Waals surface area contributed by atoms with Crippen molar-refractivity contribution >= 4 is 43.2 Å². The third kappa shape index (κ3) is 4.05. The Labute approximate surface area is 174 Å². The zero-order valence-corrected chi connectivity index (χ0v) is 18.0. The lowest BCUT2D eigenvalue weighted by atomic mass is 10.1. The summed E-state index contributed by atoms with van der Waals surface area (Å²) in [7, 11) is -3.54.